The number of carbonyl (C=O) groups is 1. The van der Waals surface area contributed by atoms with Gasteiger partial charge in [-0.25, -0.2) is 4.79 Å². The minimum atomic E-state index is -0.457. The van der Waals surface area contributed by atoms with Gasteiger partial charge in [-0.2, -0.15) is 0 Å². The van der Waals surface area contributed by atoms with E-state index in [1.54, 1.807) is 18.2 Å². The van der Waals surface area contributed by atoms with E-state index in [1.165, 1.54) is 37.4 Å². The molecule has 134 valence electrons. The van der Waals surface area contributed by atoms with Crippen LogP contribution in [-0.2, 0) is 9.53 Å². The summed E-state index contributed by atoms with van der Waals surface area (Å²) in [4.78, 5) is 24.4. The number of ether oxygens (including phenoxy) is 1. The molecule has 6 nitrogen and oxygen atoms in total. The minimum absolute atomic E-state index is 0.0115. The van der Waals surface area contributed by atoms with Crippen LogP contribution in [0.25, 0.3) is 6.08 Å². The third-order valence-electron chi connectivity index (χ3n) is 3.86. The molecule has 25 heavy (non-hydrogen) atoms. The number of benzene rings is 1. The molecule has 0 aliphatic carbocycles. The van der Waals surface area contributed by atoms with E-state index in [0.717, 1.165) is 30.3 Å². The molecule has 1 aromatic rings. The van der Waals surface area contributed by atoms with Crippen LogP contribution in [0.2, 0.25) is 0 Å². The fraction of sp³-hybridized carbons (Fsp3) is 0.412. The highest BCUT2D eigenvalue weighted by molar-refractivity contribution is 8.23. The maximum Gasteiger partial charge on any atom is 0.334 e. The lowest BCUT2D eigenvalue weighted by Crippen LogP contribution is -2.33. The average molecular weight is 380 g/mol. The average Bonchev–Trinajstić information content (AvgIpc) is 2.65. The SMILES string of the molecule is COC(=O)/C(=C\c1ccc([N+](=O)[O-])cc1)CSC(=S)N1CCCCC1. The summed E-state index contributed by atoms with van der Waals surface area (Å²) >= 11 is 6.90. The third-order valence-corrected chi connectivity index (χ3v) is 5.43. The fourth-order valence-electron chi connectivity index (χ4n) is 2.49. The number of carbonyl (C=O) groups excluding carboxylic acids is 1. The molecule has 0 radical (unpaired) electrons. The topological polar surface area (TPSA) is 72.7 Å². The van der Waals surface area contributed by atoms with E-state index < -0.39 is 10.9 Å². The molecule has 0 atom stereocenters. The van der Waals surface area contributed by atoms with Crippen molar-refractivity contribution in [3.8, 4) is 0 Å². The van der Waals surface area contributed by atoms with Gasteiger partial charge in [0.05, 0.1) is 12.0 Å². The molecule has 1 aliphatic heterocycles. The lowest BCUT2D eigenvalue weighted by Gasteiger charge is -2.28. The standard InChI is InChI=1S/C17H20N2O4S2/c1-23-16(20)14(11-13-5-7-15(8-6-13)19(21)22)12-25-17(24)18-9-3-2-4-10-18/h5-8,11H,2-4,9-10,12H2,1H3/b14-11-. The molecule has 1 aliphatic rings. The Morgan fingerprint density at radius 2 is 1.96 bits per heavy atom. The van der Waals surface area contributed by atoms with Gasteiger partial charge in [-0.1, -0.05) is 24.0 Å². The lowest BCUT2D eigenvalue weighted by molar-refractivity contribution is -0.384. The van der Waals surface area contributed by atoms with Gasteiger partial charge < -0.3 is 9.64 Å². The van der Waals surface area contributed by atoms with Crippen LogP contribution in [0.3, 0.4) is 0 Å². The number of non-ortho nitro benzene ring substituents is 1. The normalized spacial score (nSPS) is 14.9. The number of nitro benzene ring substituents is 1. The van der Waals surface area contributed by atoms with Crippen LogP contribution in [0.5, 0.6) is 0 Å². The molecule has 0 amide bonds. The second kappa shape index (κ2) is 9.53. The molecular formula is C17H20N2O4S2. The Hall–Kier alpha value is -1.93. The van der Waals surface area contributed by atoms with Crippen molar-refractivity contribution in [1.29, 1.82) is 0 Å². The van der Waals surface area contributed by atoms with Crippen molar-refractivity contribution in [2.75, 3.05) is 26.0 Å². The van der Waals surface area contributed by atoms with Gasteiger partial charge in [-0.05, 0) is 43.0 Å². The second-order valence-electron chi connectivity index (χ2n) is 5.61. The number of hydrogen-bond donors (Lipinski definition) is 0. The van der Waals surface area contributed by atoms with Gasteiger partial charge in [0.15, 0.2) is 0 Å². The van der Waals surface area contributed by atoms with Gasteiger partial charge in [-0.15, -0.1) is 0 Å². The van der Waals surface area contributed by atoms with E-state index in [1.807, 2.05) is 0 Å². The van der Waals surface area contributed by atoms with Crippen LogP contribution in [0.4, 0.5) is 5.69 Å². The second-order valence-corrected chi connectivity index (χ2v) is 7.22. The van der Waals surface area contributed by atoms with Crippen LogP contribution < -0.4 is 0 Å². The Morgan fingerprint density at radius 1 is 1.32 bits per heavy atom. The molecule has 0 spiro atoms. The van der Waals surface area contributed by atoms with Crippen molar-refractivity contribution in [1.82, 2.24) is 4.90 Å². The van der Waals surface area contributed by atoms with E-state index in [-0.39, 0.29) is 5.69 Å². The quantitative estimate of drug-likeness (QED) is 0.254. The zero-order valence-corrected chi connectivity index (χ0v) is 15.6. The van der Waals surface area contributed by atoms with E-state index >= 15 is 0 Å². The molecule has 2 rings (SSSR count). The van der Waals surface area contributed by atoms with Crippen molar-refractivity contribution in [3.05, 3.63) is 45.5 Å². The molecule has 8 heteroatoms. The molecule has 0 bridgehead atoms. The monoisotopic (exact) mass is 380 g/mol. The van der Waals surface area contributed by atoms with Crippen molar-refractivity contribution in [2.24, 2.45) is 0 Å². The summed E-state index contributed by atoms with van der Waals surface area (Å²) in [7, 11) is 1.33. The zero-order valence-electron chi connectivity index (χ0n) is 14.0. The van der Waals surface area contributed by atoms with Crippen LogP contribution in [0.15, 0.2) is 29.8 Å². The van der Waals surface area contributed by atoms with E-state index in [9.17, 15) is 14.9 Å². The number of nitro groups is 1. The van der Waals surface area contributed by atoms with Crippen LogP contribution in [0.1, 0.15) is 24.8 Å². The Balaban J connectivity index is 2.06. The number of hydrogen-bond acceptors (Lipinski definition) is 6. The van der Waals surface area contributed by atoms with Crippen molar-refractivity contribution < 1.29 is 14.5 Å². The summed E-state index contributed by atoms with van der Waals surface area (Å²) in [5, 5.41) is 10.7. The maximum absolute atomic E-state index is 12.0. The highest BCUT2D eigenvalue weighted by atomic mass is 32.2. The molecule has 0 unspecified atom stereocenters. The van der Waals surface area contributed by atoms with Gasteiger partial charge in [0.25, 0.3) is 5.69 Å². The summed E-state index contributed by atoms with van der Waals surface area (Å²) in [6.45, 7) is 1.93. The predicted octanol–water partition coefficient (Wildman–Crippen LogP) is 3.66. The maximum atomic E-state index is 12.0. The number of thiocarbonyl (C=S) groups is 1. The number of nitrogens with zero attached hydrogens (tertiary/aromatic N) is 2. The number of esters is 1. The minimum Gasteiger partial charge on any atom is -0.466 e. The summed E-state index contributed by atoms with van der Waals surface area (Å²) < 4.78 is 5.63. The molecule has 1 saturated heterocycles. The largest absolute Gasteiger partial charge is 0.466 e. The molecule has 0 saturated carbocycles. The Labute approximate surface area is 156 Å². The van der Waals surface area contributed by atoms with Gasteiger partial charge >= 0.3 is 5.97 Å². The van der Waals surface area contributed by atoms with Gasteiger partial charge in [0.2, 0.25) is 0 Å². The van der Waals surface area contributed by atoms with Crippen LogP contribution >= 0.6 is 24.0 Å². The molecule has 1 aromatic carbocycles. The summed E-state index contributed by atoms with van der Waals surface area (Å²) in [5.74, 6) is -0.0220. The number of methoxy groups -OCH3 is 1. The van der Waals surface area contributed by atoms with E-state index in [4.69, 9.17) is 17.0 Å². The summed E-state index contributed by atoms with van der Waals surface area (Å²) in [6, 6.07) is 6.03. The fourth-order valence-corrected chi connectivity index (χ4v) is 3.70. The molecule has 1 heterocycles. The first-order valence-corrected chi connectivity index (χ1v) is 9.35. The molecule has 0 N–H and O–H groups in total. The van der Waals surface area contributed by atoms with Crippen LogP contribution in [0, 0.1) is 10.1 Å². The molecule has 1 fully saturated rings. The molecular weight excluding hydrogens is 360 g/mol. The van der Waals surface area contributed by atoms with E-state index in [2.05, 4.69) is 4.90 Å². The summed E-state index contributed by atoms with van der Waals surface area (Å²) in [5.41, 5.74) is 1.19. The number of likely N-dealkylation sites (tertiary alicyclic amines) is 1. The van der Waals surface area contributed by atoms with Crippen molar-refractivity contribution >= 4 is 46.0 Å². The highest BCUT2D eigenvalue weighted by Crippen LogP contribution is 2.21. The number of thioether (sulfide) groups is 1. The lowest BCUT2D eigenvalue weighted by atomic mass is 10.1. The van der Waals surface area contributed by atoms with Crippen molar-refractivity contribution in [3.63, 3.8) is 0 Å². The van der Waals surface area contributed by atoms with Crippen LogP contribution in [-0.4, -0.2) is 46.1 Å². The zero-order chi connectivity index (χ0) is 18.2. The van der Waals surface area contributed by atoms with Crippen molar-refractivity contribution in [2.45, 2.75) is 19.3 Å². The Morgan fingerprint density at radius 3 is 2.52 bits per heavy atom. The Bertz CT molecular complexity index is 668. The van der Waals surface area contributed by atoms with Gasteiger partial charge in [0.1, 0.15) is 4.32 Å². The Kier molecular flexibility index (Phi) is 7.39. The predicted molar refractivity (Wildman–Crippen MR) is 104 cm³/mol. The van der Waals surface area contributed by atoms with Gasteiger partial charge in [0, 0.05) is 36.5 Å². The van der Waals surface area contributed by atoms with Gasteiger partial charge in [-0.3, -0.25) is 10.1 Å². The van der Waals surface area contributed by atoms with E-state index in [0.29, 0.717) is 16.9 Å². The molecule has 0 aromatic heterocycles. The number of piperidine rings is 1. The highest BCUT2D eigenvalue weighted by Gasteiger charge is 2.17. The third kappa shape index (κ3) is 5.82. The number of rotatable bonds is 5. The first-order chi connectivity index (χ1) is 12.0. The first kappa shape index (κ1) is 19.4. The summed E-state index contributed by atoms with van der Waals surface area (Å²) in [6.07, 6.45) is 5.20. The smallest absolute Gasteiger partial charge is 0.334 e. The first-order valence-electron chi connectivity index (χ1n) is 7.96.